The quantitative estimate of drug-likeness (QED) is 0.267. The zero-order valence-electron chi connectivity index (χ0n) is 20.6. The van der Waals surface area contributed by atoms with Crippen molar-refractivity contribution >= 4 is 29.6 Å². The number of nitrogens with one attached hydrogen (secondary N) is 1. The maximum absolute atomic E-state index is 13.2. The van der Waals surface area contributed by atoms with Gasteiger partial charge in [0.15, 0.2) is 23.0 Å². The minimum atomic E-state index is -0.793. The zero-order valence-corrected chi connectivity index (χ0v) is 20.6. The standard InChI is InChI=1S/C28H26N2O7/c1-18-8-4-5-9-21(18)30-27(32)20(26(31)29-28(30)33)16-19-12-13-24(25(17-19)35-3)37-15-14-36-23-11-7-6-10-22(23)34-2/h4-13,16-17H,14-15H2,1-3H3,(H,29,31,33). The molecule has 9 nitrogen and oxygen atoms in total. The molecular weight excluding hydrogens is 476 g/mol. The van der Waals surface area contributed by atoms with E-state index in [1.807, 2.05) is 12.1 Å². The van der Waals surface area contributed by atoms with Gasteiger partial charge < -0.3 is 18.9 Å². The number of methoxy groups -OCH3 is 2. The van der Waals surface area contributed by atoms with E-state index >= 15 is 0 Å². The van der Waals surface area contributed by atoms with Gasteiger partial charge in [-0.05, 0) is 54.5 Å². The molecule has 9 heteroatoms. The fourth-order valence-corrected chi connectivity index (χ4v) is 3.79. The predicted octanol–water partition coefficient (Wildman–Crippen LogP) is 4.14. The second kappa shape index (κ2) is 11.3. The Balaban J connectivity index is 1.49. The molecule has 0 unspecified atom stereocenters. The molecule has 1 aliphatic heterocycles. The van der Waals surface area contributed by atoms with Gasteiger partial charge in [-0.2, -0.15) is 0 Å². The highest BCUT2D eigenvalue weighted by molar-refractivity contribution is 6.39. The first-order valence-corrected chi connectivity index (χ1v) is 11.5. The van der Waals surface area contributed by atoms with Gasteiger partial charge in [-0.1, -0.05) is 36.4 Å². The van der Waals surface area contributed by atoms with Crippen LogP contribution in [0.25, 0.3) is 6.08 Å². The number of imide groups is 2. The van der Waals surface area contributed by atoms with Crippen molar-refractivity contribution in [1.29, 1.82) is 0 Å². The molecule has 0 bridgehead atoms. The first kappa shape index (κ1) is 25.3. The van der Waals surface area contributed by atoms with Crippen LogP contribution in [-0.2, 0) is 9.59 Å². The van der Waals surface area contributed by atoms with E-state index in [-0.39, 0.29) is 18.8 Å². The maximum atomic E-state index is 13.2. The lowest BCUT2D eigenvalue weighted by Gasteiger charge is -2.27. The van der Waals surface area contributed by atoms with Gasteiger partial charge >= 0.3 is 6.03 Å². The average molecular weight is 503 g/mol. The third-order valence-electron chi connectivity index (χ3n) is 5.62. The molecule has 1 N–H and O–H groups in total. The Morgan fingerprint density at radius 3 is 2.08 bits per heavy atom. The number of urea groups is 1. The Morgan fingerprint density at radius 1 is 0.784 bits per heavy atom. The van der Waals surface area contributed by atoms with Gasteiger partial charge in [-0.15, -0.1) is 0 Å². The Kier molecular flexibility index (Phi) is 7.73. The number of anilines is 1. The van der Waals surface area contributed by atoms with Crippen LogP contribution in [0.1, 0.15) is 11.1 Å². The van der Waals surface area contributed by atoms with Crippen molar-refractivity contribution in [1.82, 2.24) is 5.32 Å². The second-order valence-corrected chi connectivity index (χ2v) is 8.00. The van der Waals surface area contributed by atoms with Crippen LogP contribution < -0.4 is 29.2 Å². The first-order chi connectivity index (χ1) is 17.9. The average Bonchev–Trinajstić information content (AvgIpc) is 2.90. The van der Waals surface area contributed by atoms with Crippen molar-refractivity contribution in [2.75, 3.05) is 32.3 Å². The van der Waals surface area contributed by atoms with E-state index in [1.165, 1.54) is 13.2 Å². The van der Waals surface area contributed by atoms with Crippen molar-refractivity contribution in [2.45, 2.75) is 6.92 Å². The van der Waals surface area contributed by atoms with Crippen LogP contribution in [0.15, 0.2) is 72.3 Å². The van der Waals surface area contributed by atoms with Crippen molar-refractivity contribution in [3.8, 4) is 23.0 Å². The van der Waals surface area contributed by atoms with Crippen molar-refractivity contribution < 1.29 is 33.3 Å². The topological polar surface area (TPSA) is 103 Å². The highest BCUT2D eigenvalue weighted by Gasteiger charge is 2.37. The number of barbiturate groups is 1. The van der Waals surface area contributed by atoms with Gasteiger partial charge in [0.05, 0.1) is 19.9 Å². The Labute approximate surface area is 214 Å². The van der Waals surface area contributed by atoms with Crippen LogP contribution in [0.5, 0.6) is 23.0 Å². The molecule has 1 aliphatic rings. The molecule has 3 aromatic carbocycles. The van der Waals surface area contributed by atoms with E-state index in [1.54, 1.807) is 68.6 Å². The van der Waals surface area contributed by atoms with Crippen molar-refractivity contribution in [3.05, 3.63) is 83.4 Å². The molecular formula is C28H26N2O7. The summed E-state index contributed by atoms with van der Waals surface area (Å²) in [4.78, 5) is 39.1. The van der Waals surface area contributed by atoms with Crippen LogP contribution in [0, 0.1) is 6.92 Å². The Morgan fingerprint density at radius 2 is 1.41 bits per heavy atom. The van der Waals surface area contributed by atoms with Crippen LogP contribution in [0.2, 0.25) is 0 Å². The lowest BCUT2D eigenvalue weighted by Crippen LogP contribution is -2.54. The van der Waals surface area contributed by atoms with E-state index in [9.17, 15) is 14.4 Å². The number of benzene rings is 3. The molecule has 3 aromatic rings. The van der Waals surface area contributed by atoms with Gasteiger partial charge in [0.2, 0.25) is 0 Å². The summed E-state index contributed by atoms with van der Waals surface area (Å²) in [5, 5.41) is 2.23. The molecule has 0 aliphatic carbocycles. The number of para-hydroxylation sites is 3. The fraction of sp³-hybridized carbons (Fsp3) is 0.179. The van der Waals surface area contributed by atoms with Crippen LogP contribution >= 0.6 is 0 Å². The number of aryl methyl sites for hydroxylation is 1. The summed E-state index contributed by atoms with van der Waals surface area (Å²) >= 11 is 0. The highest BCUT2D eigenvalue weighted by Crippen LogP contribution is 2.31. The molecule has 0 atom stereocenters. The normalized spacial score (nSPS) is 14.4. The Hall–Kier alpha value is -4.79. The van der Waals surface area contributed by atoms with Crippen molar-refractivity contribution in [3.63, 3.8) is 0 Å². The van der Waals surface area contributed by atoms with Crippen LogP contribution in [0.3, 0.4) is 0 Å². The van der Waals surface area contributed by atoms with Crippen LogP contribution in [0.4, 0.5) is 10.5 Å². The van der Waals surface area contributed by atoms with Gasteiger partial charge in [-0.25, -0.2) is 9.69 Å². The number of carbonyl (C=O) groups excluding carboxylic acids is 3. The number of rotatable bonds is 9. The summed E-state index contributed by atoms with van der Waals surface area (Å²) in [6.45, 7) is 2.29. The number of nitrogens with zero attached hydrogens (tertiary/aromatic N) is 1. The number of carbonyl (C=O) groups is 3. The number of hydrogen-bond donors (Lipinski definition) is 1. The monoisotopic (exact) mass is 502 g/mol. The SMILES string of the molecule is COc1ccccc1OCCOc1ccc(C=C2C(=O)NC(=O)N(c3ccccc3C)C2=O)cc1OC. The predicted molar refractivity (Wildman–Crippen MR) is 137 cm³/mol. The molecule has 0 aromatic heterocycles. The third kappa shape index (κ3) is 5.56. The summed E-state index contributed by atoms with van der Waals surface area (Å²) in [5.41, 5.74) is 1.47. The summed E-state index contributed by atoms with van der Waals surface area (Å²) in [7, 11) is 3.06. The molecule has 37 heavy (non-hydrogen) atoms. The van der Waals surface area contributed by atoms with E-state index in [4.69, 9.17) is 18.9 Å². The van der Waals surface area contributed by atoms with E-state index in [2.05, 4.69) is 5.32 Å². The molecule has 0 spiro atoms. The second-order valence-electron chi connectivity index (χ2n) is 8.00. The minimum Gasteiger partial charge on any atom is -0.493 e. The third-order valence-corrected chi connectivity index (χ3v) is 5.62. The lowest BCUT2D eigenvalue weighted by molar-refractivity contribution is -0.122. The van der Waals surface area contributed by atoms with Gasteiger partial charge in [0.1, 0.15) is 18.8 Å². The molecule has 1 fully saturated rings. The maximum Gasteiger partial charge on any atom is 0.335 e. The summed E-state index contributed by atoms with van der Waals surface area (Å²) in [6.07, 6.45) is 1.41. The number of ether oxygens (including phenoxy) is 4. The van der Waals surface area contributed by atoms with E-state index in [0.29, 0.717) is 34.2 Å². The molecule has 1 saturated heterocycles. The molecule has 0 saturated carbocycles. The summed E-state index contributed by atoms with van der Waals surface area (Å²) < 4.78 is 22.2. The first-order valence-electron chi connectivity index (χ1n) is 11.5. The smallest absolute Gasteiger partial charge is 0.335 e. The van der Waals surface area contributed by atoms with E-state index < -0.39 is 17.8 Å². The largest absolute Gasteiger partial charge is 0.493 e. The van der Waals surface area contributed by atoms with Crippen LogP contribution in [-0.4, -0.2) is 45.3 Å². The molecule has 1 heterocycles. The Bertz CT molecular complexity index is 1370. The molecule has 0 radical (unpaired) electrons. The van der Waals surface area contributed by atoms with E-state index in [0.717, 1.165) is 10.5 Å². The minimum absolute atomic E-state index is 0.177. The number of amides is 4. The number of hydrogen-bond acceptors (Lipinski definition) is 7. The summed E-state index contributed by atoms with van der Waals surface area (Å²) in [5.74, 6) is 0.618. The van der Waals surface area contributed by atoms with Gasteiger partial charge in [0.25, 0.3) is 11.8 Å². The van der Waals surface area contributed by atoms with Gasteiger partial charge in [0, 0.05) is 0 Å². The zero-order chi connectivity index (χ0) is 26.4. The molecule has 190 valence electrons. The lowest BCUT2D eigenvalue weighted by atomic mass is 10.1. The molecule has 4 rings (SSSR count). The van der Waals surface area contributed by atoms with Crippen molar-refractivity contribution in [2.24, 2.45) is 0 Å². The summed E-state index contributed by atoms with van der Waals surface area (Å²) in [6, 6.07) is 18.4. The fourth-order valence-electron chi connectivity index (χ4n) is 3.79. The highest BCUT2D eigenvalue weighted by atomic mass is 16.5. The van der Waals surface area contributed by atoms with Gasteiger partial charge in [-0.3, -0.25) is 14.9 Å². The molecule has 4 amide bonds.